The van der Waals surface area contributed by atoms with Gasteiger partial charge in [-0.15, -0.1) is 0 Å². The summed E-state index contributed by atoms with van der Waals surface area (Å²) in [6.07, 6.45) is -3.58. The number of benzene rings is 1. The zero-order valence-corrected chi connectivity index (χ0v) is 11.1. The number of carbonyl (C=O) groups excluding carboxylic acids is 1. The van der Waals surface area contributed by atoms with Gasteiger partial charge in [0.05, 0.1) is 29.6 Å². The van der Waals surface area contributed by atoms with Crippen molar-refractivity contribution in [3.8, 4) is 0 Å². The molecule has 1 amide bonds. The van der Waals surface area contributed by atoms with Gasteiger partial charge in [0.1, 0.15) is 5.82 Å². The van der Waals surface area contributed by atoms with Gasteiger partial charge in [0.25, 0.3) is 0 Å². The van der Waals surface area contributed by atoms with Gasteiger partial charge >= 0.3 is 6.18 Å². The first-order valence-corrected chi connectivity index (χ1v) is 6.13. The Labute approximate surface area is 123 Å². The van der Waals surface area contributed by atoms with Crippen LogP contribution in [0.1, 0.15) is 11.3 Å². The number of halogens is 4. The van der Waals surface area contributed by atoms with Crippen LogP contribution in [0.3, 0.4) is 0 Å². The molecule has 1 aromatic heterocycles. The molecule has 0 spiro atoms. The quantitative estimate of drug-likeness (QED) is 0.853. The number of para-hydroxylation sites is 1. The summed E-state index contributed by atoms with van der Waals surface area (Å²) in [5.74, 6) is -1.61. The Morgan fingerprint density at radius 3 is 2.50 bits per heavy atom. The highest BCUT2D eigenvalue weighted by Crippen LogP contribution is 2.37. The largest absolute Gasteiger partial charge is 0.418 e. The number of primary amides is 1. The number of nitrogens with zero attached hydrogens (tertiary/aromatic N) is 1. The van der Waals surface area contributed by atoms with Crippen molar-refractivity contribution >= 4 is 17.3 Å². The Morgan fingerprint density at radius 2 is 1.95 bits per heavy atom. The lowest BCUT2D eigenvalue weighted by Gasteiger charge is -2.15. The lowest BCUT2D eigenvalue weighted by Crippen LogP contribution is -2.14. The number of carbonyl (C=O) groups is 1. The second-order valence-corrected chi connectivity index (χ2v) is 4.47. The van der Waals surface area contributed by atoms with Crippen molar-refractivity contribution < 1.29 is 22.4 Å². The van der Waals surface area contributed by atoms with E-state index in [1.807, 2.05) is 0 Å². The zero-order valence-electron chi connectivity index (χ0n) is 11.1. The fourth-order valence-corrected chi connectivity index (χ4v) is 1.81. The van der Waals surface area contributed by atoms with E-state index in [2.05, 4.69) is 10.3 Å². The van der Waals surface area contributed by atoms with Crippen LogP contribution in [-0.2, 0) is 17.4 Å². The Morgan fingerprint density at radius 1 is 1.23 bits per heavy atom. The van der Waals surface area contributed by atoms with Crippen LogP contribution in [0.25, 0.3) is 0 Å². The number of rotatable bonds is 4. The van der Waals surface area contributed by atoms with E-state index in [0.717, 1.165) is 18.2 Å². The summed E-state index contributed by atoms with van der Waals surface area (Å²) in [4.78, 5) is 14.6. The van der Waals surface area contributed by atoms with E-state index < -0.39 is 29.2 Å². The number of alkyl halides is 3. The molecule has 116 valence electrons. The molecule has 0 unspecified atom stereocenters. The standard InChI is InChI=1S/C14H11F4N3O/c15-11-3-1-2-10(14(16,17)18)13(11)21-9-5-4-8(20-7-9)6-12(19)22/h1-5,7,21H,6H2,(H2,19,22). The van der Waals surface area contributed by atoms with Gasteiger partial charge in [-0.3, -0.25) is 9.78 Å². The van der Waals surface area contributed by atoms with Crippen molar-refractivity contribution in [1.29, 1.82) is 0 Å². The van der Waals surface area contributed by atoms with Crippen LogP contribution in [0.5, 0.6) is 0 Å². The molecule has 0 radical (unpaired) electrons. The lowest BCUT2D eigenvalue weighted by molar-refractivity contribution is -0.137. The minimum atomic E-state index is -4.69. The summed E-state index contributed by atoms with van der Waals surface area (Å²) in [6, 6.07) is 5.49. The van der Waals surface area contributed by atoms with Gasteiger partial charge in [0.15, 0.2) is 0 Å². The first-order chi connectivity index (χ1) is 10.3. The monoisotopic (exact) mass is 313 g/mol. The second-order valence-electron chi connectivity index (χ2n) is 4.47. The van der Waals surface area contributed by atoms with E-state index >= 15 is 0 Å². The number of amides is 1. The molecule has 0 aliphatic rings. The summed E-state index contributed by atoms with van der Waals surface area (Å²) in [5.41, 5.74) is 3.73. The summed E-state index contributed by atoms with van der Waals surface area (Å²) in [6.45, 7) is 0. The Bertz CT molecular complexity index is 683. The Balaban J connectivity index is 2.29. The minimum absolute atomic E-state index is 0.0895. The number of nitrogens with two attached hydrogens (primary N) is 1. The molecule has 22 heavy (non-hydrogen) atoms. The first-order valence-electron chi connectivity index (χ1n) is 6.13. The zero-order chi connectivity index (χ0) is 16.3. The van der Waals surface area contributed by atoms with Crippen molar-refractivity contribution in [2.45, 2.75) is 12.6 Å². The summed E-state index contributed by atoms with van der Waals surface area (Å²) < 4.78 is 52.3. The number of aromatic nitrogens is 1. The van der Waals surface area contributed by atoms with E-state index in [-0.39, 0.29) is 12.1 Å². The van der Waals surface area contributed by atoms with Gasteiger partial charge in [0, 0.05) is 5.69 Å². The molecule has 0 aliphatic carbocycles. The molecule has 0 atom stereocenters. The molecule has 0 bridgehead atoms. The molecule has 2 rings (SSSR count). The van der Waals surface area contributed by atoms with Crippen molar-refractivity contribution in [1.82, 2.24) is 4.98 Å². The van der Waals surface area contributed by atoms with E-state index in [0.29, 0.717) is 5.69 Å². The third-order valence-electron chi connectivity index (χ3n) is 2.77. The molecule has 1 aromatic carbocycles. The van der Waals surface area contributed by atoms with Gasteiger partial charge in [-0.05, 0) is 24.3 Å². The minimum Gasteiger partial charge on any atom is -0.369 e. The van der Waals surface area contributed by atoms with Gasteiger partial charge in [-0.2, -0.15) is 13.2 Å². The van der Waals surface area contributed by atoms with Gasteiger partial charge in [0.2, 0.25) is 5.91 Å². The molecule has 0 saturated carbocycles. The van der Waals surface area contributed by atoms with Crippen LogP contribution in [-0.4, -0.2) is 10.9 Å². The van der Waals surface area contributed by atoms with E-state index in [1.165, 1.54) is 18.3 Å². The predicted octanol–water partition coefficient (Wildman–Crippen LogP) is 3.01. The number of hydrogen-bond donors (Lipinski definition) is 2. The lowest BCUT2D eigenvalue weighted by atomic mass is 10.1. The maximum Gasteiger partial charge on any atom is 0.418 e. The van der Waals surface area contributed by atoms with Gasteiger partial charge in [-0.25, -0.2) is 4.39 Å². The van der Waals surface area contributed by atoms with E-state index in [9.17, 15) is 22.4 Å². The van der Waals surface area contributed by atoms with Crippen molar-refractivity contribution in [3.05, 3.63) is 53.6 Å². The summed E-state index contributed by atoms with van der Waals surface area (Å²) in [5, 5.41) is 2.35. The van der Waals surface area contributed by atoms with Crippen LogP contribution in [0.2, 0.25) is 0 Å². The Hall–Kier alpha value is -2.64. The van der Waals surface area contributed by atoms with Gasteiger partial charge in [-0.1, -0.05) is 6.07 Å². The second kappa shape index (κ2) is 6.00. The van der Waals surface area contributed by atoms with Crippen LogP contribution >= 0.6 is 0 Å². The fourth-order valence-electron chi connectivity index (χ4n) is 1.81. The smallest absolute Gasteiger partial charge is 0.369 e. The summed E-state index contributed by atoms with van der Waals surface area (Å²) >= 11 is 0. The molecule has 4 nitrogen and oxygen atoms in total. The number of anilines is 2. The number of pyridine rings is 1. The first kappa shape index (κ1) is 15.7. The highest BCUT2D eigenvalue weighted by molar-refractivity contribution is 5.76. The summed E-state index contributed by atoms with van der Waals surface area (Å²) in [7, 11) is 0. The van der Waals surface area contributed by atoms with Crippen molar-refractivity contribution in [2.75, 3.05) is 5.32 Å². The predicted molar refractivity (Wildman–Crippen MR) is 71.8 cm³/mol. The topological polar surface area (TPSA) is 68.0 Å². The van der Waals surface area contributed by atoms with Crippen LogP contribution < -0.4 is 11.1 Å². The van der Waals surface area contributed by atoms with Crippen molar-refractivity contribution in [3.63, 3.8) is 0 Å². The Kier molecular flexibility index (Phi) is 4.30. The number of nitrogens with one attached hydrogen (secondary N) is 1. The molecular weight excluding hydrogens is 302 g/mol. The molecule has 3 N–H and O–H groups in total. The van der Waals surface area contributed by atoms with Crippen molar-refractivity contribution in [2.24, 2.45) is 5.73 Å². The maximum absolute atomic E-state index is 13.7. The average Bonchev–Trinajstić information content (AvgIpc) is 2.41. The maximum atomic E-state index is 13.7. The third kappa shape index (κ3) is 3.72. The van der Waals surface area contributed by atoms with E-state index in [4.69, 9.17) is 5.73 Å². The highest BCUT2D eigenvalue weighted by Gasteiger charge is 2.34. The van der Waals surface area contributed by atoms with Gasteiger partial charge < -0.3 is 11.1 Å². The SMILES string of the molecule is NC(=O)Cc1ccc(Nc2c(F)cccc2C(F)(F)F)cn1. The average molecular weight is 313 g/mol. The molecular formula is C14H11F4N3O. The molecule has 0 saturated heterocycles. The molecule has 8 heteroatoms. The van der Waals surface area contributed by atoms with E-state index in [1.54, 1.807) is 0 Å². The molecule has 0 fully saturated rings. The molecule has 2 aromatic rings. The van der Waals surface area contributed by atoms with Crippen LogP contribution in [0, 0.1) is 5.82 Å². The third-order valence-corrected chi connectivity index (χ3v) is 2.77. The molecule has 1 heterocycles. The van der Waals surface area contributed by atoms with Crippen LogP contribution in [0.4, 0.5) is 28.9 Å². The van der Waals surface area contributed by atoms with Crippen LogP contribution in [0.15, 0.2) is 36.5 Å². The number of hydrogen-bond acceptors (Lipinski definition) is 3. The fraction of sp³-hybridized carbons (Fsp3) is 0.143. The molecule has 0 aliphatic heterocycles. The highest BCUT2D eigenvalue weighted by atomic mass is 19.4. The normalized spacial score (nSPS) is 11.3.